The molecule has 0 aliphatic carbocycles. The van der Waals surface area contributed by atoms with Gasteiger partial charge in [-0.1, -0.05) is 106 Å². The van der Waals surface area contributed by atoms with Gasteiger partial charge in [-0.2, -0.15) is 0 Å². The number of benzene rings is 2. The van der Waals surface area contributed by atoms with Gasteiger partial charge in [0, 0.05) is 0 Å². The monoisotopic (exact) mass is 663 g/mol. The lowest BCUT2D eigenvalue weighted by Crippen LogP contribution is -2.12. The Morgan fingerprint density at radius 3 is 1.10 bits per heavy atom. The number of ether oxygens (including phenoxy) is 4. The molecule has 48 heavy (non-hydrogen) atoms. The van der Waals surface area contributed by atoms with Crippen LogP contribution in [0.15, 0.2) is 24.3 Å². The molecule has 0 aromatic heterocycles. The molecular formula is C44H70O4. The highest BCUT2D eigenvalue weighted by Gasteiger charge is 2.32. The molecule has 0 spiro atoms. The minimum absolute atomic E-state index is 0.413. The van der Waals surface area contributed by atoms with Gasteiger partial charge < -0.3 is 18.9 Å². The summed E-state index contributed by atoms with van der Waals surface area (Å²) in [5, 5.41) is 0. The SMILES string of the molecule is CCCC(CCCOc1c(C(C)C)cc(CCc2cc(C(C)C)c(OCCCC(CCC)C3CO3)c(C(C)C)c2)cc1C(C)C)C1CO1. The van der Waals surface area contributed by atoms with Crippen LogP contribution in [0.1, 0.15) is 178 Å². The fraction of sp³-hybridized carbons (Fsp3) is 0.727. The molecule has 0 amide bonds. The maximum absolute atomic E-state index is 6.65. The molecule has 2 saturated heterocycles. The van der Waals surface area contributed by atoms with Gasteiger partial charge in [-0.3, -0.25) is 0 Å². The van der Waals surface area contributed by atoms with Gasteiger partial charge in [0.1, 0.15) is 11.5 Å². The number of epoxide rings is 2. The summed E-state index contributed by atoms with van der Waals surface area (Å²) in [4.78, 5) is 0. The topological polar surface area (TPSA) is 43.5 Å². The number of aryl methyl sites for hydroxylation is 2. The zero-order valence-electron chi connectivity index (χ0n) is 32.5. The third-order valence-electron chi connectivity index (χ3n) is 10.6. The quantitative estimate of drug-likeness (QED) is 0.0877. The molecule has 0 saturated carbocycles. The second-order valence-corrected chi connectivity index (χ2v) is 16.1. The van der Waals surface area contributed by atoms with Crippen molar-refractivity contribution < 1.29 is 18.9 Å². The molecule has 4 unspecified atom stereocenters. The molecule has 4 rings (SSSR count). The second-order valence-electron chi connectivity index (χ2n) is 16.1. The molecule has 4 atom stereocenters. The first kappa shape index (κ1) is 38.8. The molecule has 2 fully saturated rings. The number of rotatable bonds is 23. The van der Waals surface area contributed by atoms with Crippen molar-refractivity contribution in [2.24, 2.45) is 11.8 Å². The van der Waals surface area contributed by atoms with Crippen molar-refractivity contribution in [3.8, 4) is 11.5 Å². The van der Waals surface area contributed by atoms with Crippen LogP contribution in [-0.4, -0.2) is 38.6 Å². The average molecular weight is 663 g/mol. The van der Waals surface area contributed by atoms with Gasteiger partial charge in [0.25, 0.3) is 0 Å². The number of hydrogen-bond donors (Lipinski definition) is 0. The molecule has 270 valence electrons. The van der Waals surface area contributed by atoms with Gasteiger partial charge >= 0.3 is 0 Å². The van der Waals surface area contributed by atoms with Crippen LogP contribution in [0.3, 0.4) is 0 Å². The van der Waals surface area contributed by atoms with Crippen molar-refractivity contribution in [3.63, 3.8) is 0 Å². The van der Waals surface area contributed by atoms with E-state index in [2.05, 4.69) is 93.5 Å². The van der Waals surface area contributed by atoms with Gasteiger partial charge in [-0.15, -0.1) is 0 Å². The Bertz CT molecular complexity index is 1100. The predicted molar refractivity (Wildman–Crippen MR) is 202 cm³/mol. The highest BCUT2D eigenvalue weighted by molar-refractivity contribution is 5.50. The van der Waals surface area contributed by atoms with Gasteiger partial charge in [-0.05, 0) is 120 Å². The average Bonchev–Trinajstić information content (AvgIpc) is 3.97. The summed E-state index contributed by atoms with van der Waals surface area (Å²) in [6, 6.07) is 9.75. The van der Waals surface area contributed by atoms with Crippen LogP contribution >= 0.6 is 0 Å². The zero-order chi connectivity index (χ0) is 34.8. The Morgan fingerprint density at radius 1 is 0.542 bits per heavy atom. The molecule has 2 aliphatic heterocycles. The van der Waals surface area contributed by atoms with E-state index in [4.69, 9.17) is 18.9 Å². The lowest BCUT2D eigenvalue weighted by Gasteiger charge is -2.23. The molecule has 0 bridgehead atoms. The largest absolute Gasteiger partial charge is 0.493 e. The van der Waals surface area contributed by atoms with Crippen molar-refractivity contribution >= 4 is 0 Å². The molecular weight excluding hydrogens is 592 g/mol. The lowest BCUT2D eigenvalue weighted by atomic mass is 9.88. The van der Waals surface area contributed by atoms with E-state index < -0.39 is 0 Å². The Kier molecular flexibility index (Phi) is 15.2. The maximum Gasteiger partial charge on any atom is 0.126 e. The Hall–Kier alpha value is -2.04. The van der Waals surface area contributed by atoms with Crippen LogP contribution in [0.4, 0.5) is 0 Å². The Morgan fingerprint density at radius 2 is 0.854 bits per heavy atom. The van der Waals surface area contributed by atoms with Crippen LogP contribution in [0.25, 0.3) is 0 Å². The molecule has 2 aliphatic rings. The molecule has 2 aromatic carbocycles. The van der Waals surface area contributed by atoms with Crippen LogP contribution < -0.4 is 9.47 Å². The minimum Gasteiger partial charge on any atom is -0.493 e. The molecule has 0 radical (unpaired) electrons. The minimum atomic E-state index is 0.413. The van der Waals surface area contributed by atoms with E-state index in [-0.39, 0.29) is 0 Å². The fourth-order valence-corrected chi connectivity index (χ4v) is 7.57. The Labute approximate surface area is 295 Å². The summed E-state index contributed by atoms with van der Waals surface area (Å²) in [7, 11) is 0. The highest BCUT2D eigenvalue weighted by atomic mass is 16.6. The predicted octanol–water partition coefficient (Wildman–Crippen LogP) is 11.9. The first-order valence-electron chi connectivity index (χ1n) is 19.9. The van der Waals surface area contributed by atoms with E-state index in [9.17, 15) is 0 Å². The first-order valence-corrected chi connectivity index (χ1v) is 19.9. The third kappa shape index (κ3) is 11.2. The smallest absolute Gasteiger partial charge is 0.126 e. The molecule has 4 heteroatoms. The lowest BCUT2D eigenvalue weighted by molar-refractivity contribution is 0.255. The summed E-state index contributed by atoms with van der Waals surface area (Å²) in [5.74, 6) is 5.30. The maximum atomic E-state index is 6.65. The van der Waals surface area contributed by atoms with Crippen molar-refractivity contribution in [1.82, 2.24) is 0 Å². The highest BCUT2D eigenvalue weighted by Crippen LogP contribution is 2.39. The molecule has 2 aromatic rings. The van der Waals surface area contributed by atoms with Crippen LogP contribution in [0, 0.1) is 11.8 Å². The first-order chi connectivity index (χ1) is 23.0. The van der Waals surface area contributed by atoms with Crippen molar-refractivity contribution in [2.75, 3.05) is 26.4 Å². The van der Waals surface area contributed by atoms with Gasteiger partial charge in [0.05, 0.1) is 38.6 Å². The van der Waals surface area contributed by atoms with Crippen molar-refractivity contribution in [1.29, 1.82) is 0 Å². The summed E-state index contributed by atoms with van der Waals surface area (Å²) < 4.78 is 24.6. The molecule has 0 N–H and O–H groups in total. The van der Waals surface area contributed by atoms with Gasteiger partial charge in [0.2, 0.25) is 0 Å². The standard InChI is InChI=1S/C44H70O4/c1-11-15-35(41-27-47-41)17-13-21-45-43-37(29(3)4)23-33(24-38(43)30(5)6)19-20-34-25-39(31(7)8)44(40(26-34)32(9)10)46-22-14-18-36(16-12-2)42-28-48-42/h23-26,29-32,35-36,41-42H,11-22,27-28H2,1-10H3. The van der Waals surface area contributed by atoms with E-state index in [1.165, 1.54) is 71.9 Å². The number of hydrogen-bond acceptors (Lipinski definition) is 4. The van der Waals surface area contributed by atoms with Crippen LogP contribution in [0.5, 0.6) is 11.5 Å². The van der Waals surface area contributed by atoms with E-state index in [0.717, 1.165) is 63.6 Å². The summed E-state index contributed by atoms with van der Waals surface area (Å²) in [6.45, 7) is 26.5. The summed E-state index contributed by atoms with van der Waals surface area (Å²) >= 11 is 0. The van der Waals surface area contributed by atoms with E-state index >= 15 is 0 Å². The van der Waals surface area contributed by atoms with Crippen molar-refractivity contribution in [2.45, 2.75) is 169 Å². The molecule has 2 heterocycles. The van der Waals surface area contributed by atoms with E-state index in [1.807, 2.05) is 0 Å². The fourth-order valence-electron chi connectivity index (χ4n) is 7.57. The molecule has 4 nitrogen and oxygen atoms in total. The van der Waals surface area contributed by atoms with Crippen molar-refractivity contribution in [3.05, 3.63) is 57.6 Å². The summed E-state index contributed by atoms with van der Waals surface area (Å²) in [5.41, 5.74) is 8.27. The van der Waals surface area contributed by atoms with Gasteiger partial charge in [0.15, 0.2) is 0 Å². The summed E-state index contributed by atoms with van der Waals surface area (Å²) in [6.07, 6.45) is 12.6. The Balaban J connectivity index is 1.46. The van der Waals surface area contributed by atoms with Crippen LogP contribution in [-0.2, 0) is 22.3 Å². The normalized spacial score (nSPS) is 18.6. The van der Waals surface area contributed by atoms with Gasteiger partial charge in [-0.25, -0.2) is 0 Å². The van der Waals surface area contributed by atoms with Crippen LogP contribution in [0.2, 0.25) is 0 Å². The third-order valence-corrected chi connectivity index (χ3v) is 10.6. The van der Waals surface area contributed by atoms with E-state index in [1.54, 1.807) is 0 Å². The van der Waals surface area contributed by atoms with E-state index in [0.29, 0.717) is 47.7 Å². The zero-order valence-corrected chi connectivity index (χ0v) is 32.5. The second kappa shape index (κ2) is 18.8.